The standard InChI is InChI=1S/C15H28N2O/c1-15(2)9-8-13(16-3)14(18)17(11-15)10-12-6-4-5-7-12/h12-13,16H,4-11H2,1-3H3. The normalized spacial score (nSPS) is 29.6. The fraction of sp³-hybridized carbons (Fsp3) is 0.933. The third-order valence-electron chi connectivity index (χ3n) is 4.64. The lowest BCUT2D eigenvalue weighted by molar-refractivity contribution is -0.134. The molecule has 0 aromatic heterocycles. The predicted octanol–water partition coefficient (Wildman–Crippen LogP) is 2.41. The van der Waals surface area contributed by atoms with Crippen LogP contribution >= 0.6 is 0 Å². The van der Waals surface area contributed by atoms with E-state index in [1.807, 2.05) is 7.05 Å². The molecular weight excluding hydrogens is 224 g/mol. The zero-order valence-electron chi connectivity index (χ0n) is 12.2. The van der Waals surface area contributed by atoms with Crippen molar-refractivity contribution in [2.75, 3.05) is 20.1 Å². The first kappa shape index (κ1) is 13.9. The number of hydrogen-bond acceptors (Lipinski definition) is 2. The lowest BCUT2D eigenvalue weighted by atomic mass is 9.87. The number of nitrogens with one attached hydrogen (secondary N) is 1. The van der Waals surface area contributed by atoms with Crippen LogP contribution in [0.1, 0.15) is 52.4 Å². The topological polar surface area (TPSA) is 32.3 Å². The number of hydrogen-bond donors (Lipinski definition) is 1. The van der Waals surface area contributed by atoms with Gasteiger partial charge in [0.2, 0.25) is 5.91 Å². The molecule has 2 aliphatic rings. The molecule has 0 radical (unpaired) electrons. The van der Waals surface area contributed by atoms with Crippen LogP contribution in [0.5, 0.6) is 0 Å². The van der Waals surface area contributed by atoms with Crippen molar-refractivity contribution in [2.45, 2.75) is 58.4 Å². The lowest BCUT2D eigenvalue weighted by Gasteiger charge is -2.32. The van der Waals surface area contributed by atoms with Gasteiger partial charge in [-0.1, -0.05) is 26.7 Å². The van der Waals surface area contributed by atoms with Crippen molar-refractivity contribution < 1.29 is 4.79 Å². The summed E-state index contributed by atoms with van der Waals surface area (Å²) >= 11 is 0. The Balaban J connectivity index is 2.05. The highest BCUT2D eigenvalue weighted by molar-refractivity contribution is 5.82. The van der Waals surface area contributed by atoms with E-state index in [0.717, 1.165) is 31.8 Å². The molecule has 1 saturated carbocycles. The molecule has 1 heterocycles. The van der Waals surface area contributed by atoms with Gasteiger partial charge in [-0.15, -0.1) is 0 Å². The molecule has 2 fully saturated rings. The van der Waals surface area contributed by atoms with Crippen LogP contribution in [0.4, 0.5) is 0 Å². The van der Waals surface area contributed by atoms with E-state index >= 15 is 0 Å². The first-order chi connectivity index (χ1) is 8.52. The molecule has 18 heavy (non-hydrogen) atoms. The summed E-state index contributed by atoms with van der Waals surface area (Å²) in [5.41, 5.74) is 0.264. The third-order valence-corrected chi connectivity index (χ3v) is 4.64. The van der Waals surface area contributed by atoms with Gasteiger partial charge >= 0.3 is 0 Å². The number of carbonyl (C=O) groups excluding carboxylic acids is 1. The van der Waals surface area contributed by atoms with Gasteiger partial charge in [0.15, 0.2) is 0 Å². The van der Waals surface area contributed by atoms with Gasteiger partial charge in [-0.05, 0) is 44.1 Å². The Morgan fingerprint density at radius 2 is 1.94 bits per heavy atom. The molecule has 1 atom stereocenters. The maximum Gasteiger partial charge on any atom is 0.239 e. The summed E-state index contributed by atoms with van der Waals surface area (Å²) in [6, 6.07) is 0.0354. The molecule has 0 spiro atoms. The van der Waals surface area contributed by atoms with E-state index in [0.29, 0.717) is 5.91 Å². The first-order valence-electron chi connectivity index (χ1n) is 7.48. The number of likely N-dealkylation sites (N-methyl/N-ethyl adjacent to an activating group) is 1. The lowest BCUT2D eigenvalue weighted by Crippen LogP contribution is -2.46. The van der Waals surface area contributed by atoms with Crippen molar-refractivity contribution in [1.82, 2.24) is 10.2 Å². The maximum atomic E-state index is 12.5. The van der Waals surface area contributed by atoms with Crippen LogP contribution in [0, 0.1) is 11.3 Å². The van der Waals surface area contributed by atoms with Gasteiger partial charge in [0.1, 0.15) is 0 Å². The number of carbonyl (C=O) groups is 1. The SMILES string of the molecule is CNC1CCC(C)(C)CN(CC2CCCC2)C1=O. The van der Waals surface area contributed by atoms with E-state index in [9.17, 15) is 4.79 Å². The van der Waals surface area contributed by atoms with Crippen LogP contribution < -0.4 is 5.32 Å². The van der Waals surface area contributed by atoms with Gasteiger partial charge in [-0.25, -0.2) is 0 Å². The van der Waals surface area contributed by atoms with E-state index in [1.54, 1.807) is 0 Å². The zero-order chi connectivity index (χ0) is 13.2. The van der Waals surface area contributed by atoms with Crippen molar-refractivity contribution in [3.05, 3.63) is 0 Å². The van der Waals surface area contributed by atoms with Crippen LogP contribution in [0.25, 0.3) is 0 Å². The van der Waals surface area contributed by atoms with E-state index in [4.69, 9.17) is 0 Å². The Hall–Kier alpha value is -0.570. The smallest absolute Gasteiger partial charge is 0.239 e. The molecule has 3 heteroatoms. The van der Waals surface area contributed by atoms with Crippen molar-refractivity contribution in [3.8, 4) is 0 Å². The van der Waals surface area contributed by atoms with Crippen LogP contribution in [-0.2, 0) is 4.79 Å². The van der Waals surface area contributed by atoms with Gasteiger partial charge in [-0.3, -0.25) is 4.79 Å². The Labute approximate surface area is 111 Å². The van der Waals surface area contributed by atoms with Crippen LogP contribution in [0.3, 0.4) is 0 Å². The Morgan fingerprint density at radius 3 is 2.56 bits per heavy atom. The van der Waals surface area contributed by atoms with Gasteiger partial charge in [0.05, 0.1) is 6.04 Å². The Kier molecular flexibility index (Phi) is 4.31. The minimum absolute atomic E-state index is 0.0354. The second-order valence-corrected chi connectivity index (χ2v) is 6.91. The number of amides is 1. The Morgan fingerprint density at radius 1 is 1.28 bits per heavy atom. The highest BCUT2D eigenvalue weighted by Crippen LogP contribution is 2.31. The van der Waals surface area contributed by atoms with E-state index < -0.39 is 0 Å². The molecule has 104 valence electrons. The molecule has 0 bridgehead atoms. The van der Waals surface area contributed by atoms with Crippen molar-refractivity contribution in [1.29, 1.82) is 0 Å². The third kappa shape index (κ3) is 3.25. The average Bonchev–Trinajstić information content (AvgIpc) is 2.77. The van der Waals surface area contributed by atoms with Gasteiger partial charge in [0.25, 0.3) is 0 Å². The average molecular weight is 252 g/mol. The van der Waals surface area contributed by atoms with Crippen LogP contribution in [0.2, 0.25) is 0 Å². The fourth-order valence-electron chi connectivity index (χ4n) is 3.48. The molecule has 0 aromatic carbocycles. The molecule has 1 aliphatic carbocycles. The Bertz CT molecular complexity index is 295. The molecule has 1 unspecified atom stereocenters. The van der Waals surface area contributed by atoms with E-state index in [-0.39, 0.29) is 11.5 Å². The van der Waals surface area contributed by atoms with Crippen LogP contribution in [0.15, 0.2) is 0 Å². The predicted molar refractivity (Wildman–Crippen MR) is 74.4 cm³/mol. The van der Waals surface area contributed by atoms with E-state index in [2.05, 4.69) is 24.1 Å². The number of rotatable bonds is 3. The number of likely N-dealkylation sites (tertiary alicyclic amines) is 1. The van der Waals surface area contributed by atoms with E-state index in [1.165, 1.54) is 25.7 Å². The second-order valence-electron chi connectivity index (χ2n) is 6.91. The second kappa shape index (κ2) is 5.60. The molecule has 1 saturated heterocycles. The summed E-state index contributed by atoms with van der Waals surface area (Å²) in [7, 11) is 1.91. The summed E-state index contributed by atoms with van der Waals surface area (Å²) in [5.74, 6) is 1.08. The molecule has 0 aromatic rings. The largest absolute Gasteiger partial charge is 0.341 e. The summed E-state index contributed by atoms with van der Waals surface area (Å²) in [6.07, 6.45) is 7.44. The summed E-state index contributed by atoms with van der Waals surface area (Å²) < 4.78 is 0. The summed E-state index contributed by atoms with van der Waals surface area (Å²) in [5, 5.41) is 3.20. The first-order valence-corrected chi connectivity index (χ1v) is 7.48. The molecule has 3 nitrogen and oxygen atoms in total. The minimum atomic E-state index is 0.0354. The zero-order valence-corrected chi connectivity index (χ0v) is 12.2. The minimum Gasteiger partial charge on any atom is -0.341 e. The maximum absolute atomic E-state index is 12.5. The summed E-state index contributed by atoms with van der Waals surface area (Å²) in [6.45, 7) is 6.50. The van der Waals surface area contributed by atoms with Gasteiger partial charge in [-0.2, -0.15) is 0 Å². The molecular formula is C15H28N2O. The van der Waals surface area contributed by atoms with Crippen molar-refractivity contribution in [3.63, 3.8) is 0 Å². The van der Waals surface area contributed by atoms with Crippen molar-refractivity contribution in [2.24, 2.45) is 11.3 Å². The molecule has 2 rings (SSSR count). The van der Waals surface area contributed by atoms with Gasteiger partial charge in [0, 0.05) is 13.1 Å². The van der Waals surface area contributed by atoms with Gasteiger partial charge < -0.3 is 10.2 Å². The molecule has 1 aliphatic heterocycles. The van der Waals surface area contributed by atoms with Crippen molar-refractivity contribution >= 4 is 5.91 Å². The molecule has 1 N–H and O–H groups in total. The highest BCUT2D eigenvalue weighted by Gasteiger charge is 2.35. The highest BCUT2D eigenvalue weighted by atomic mass is 16.2. The molecule has 1 amide bonds. The number of nitrogens with zero attached hydrogens (tertiary/aromatic N) is 1. The van der Waals surface area contributed by atoms with Crippen LogP contribution in [-0.4, -0.2) is 37.0 Å². The quantitative estimate of drug-likeness (QED) is 0.836. The fourth-order valence-corrected chi connectivity index (χ4v) is 3.48. The summed E-state index contributed by atoms with van der Waals surface area (Å²) in [4.78, 5) is 14.7. The monoisotopic (exact) mass is 252 g/mol.